The van der Waals surface area contributed by atoms with Crippen LogP contribution in [0.3, 0.4) is 0 Å². The molecule has 0 saturated carbocycles. The molecular weight excluding hydrogens is 468 g/mol. The lowest BCUT2D eigenvalue weighted by molar-refractivity contribution is -0.122. The van der Waals surface area contributed by atoms with Gasteiger partial charge < -0.3 is 25.0 Å². The number of halogens is 2. The van der Waals surface area contributed by atoms with Crippen LogP contribution in [-0.4, -0.2) is 59.2 Å². The minimum Gasteiger partial charge on any atom is -0.365 e. The number of alkyl halides is 2. The van der Waals surface area contributed by atoms with Gasteiger partial charge in [-0.05, 0) is 37.3 Å². The molecule has 1 amide bonds. The Labute approximate surface area is 208 Å². The van der Waals surface area contributed by atoms with E-state index < -0.39 is 12.2 Å². The maximum Gasteiger partial charge on any atom is 0.273 e. The molecule has 3 aliphatic heterocycles. The monoisotopic (exact) mass is 499 g/mol. The predicted molar refractivity (Wildman–Crippen MR) is 128 cm³/mol. The minimum atomic E-state index is -2.79. The number of aryl methyl sites for hydroxylation is 1. The van der Waals surface area contributed by atoms with Crippen LogP contribution in [0.25, 0.3) is 0 Å². The van der Waals surface area contributed by atoms with Crippen molar-refractivity contribution < 1.29 is 23.0 Å². The van der Waals surface area contributed by atoms with Crippen LogP contribution < -0.4 is 10.6 Å². The Morgan fingerprint density at radius 1 is 1.17 bits per heavy atom. The molecule has 8 nitrogen and oxygen atoms in total. The van der Waals surface area contributed by atoms with E-state index in [4.69, 9.17) is 9.47 Å². The van der Waals surface area contributed by atoms with Crippen molar-refractivity contribution in [2.24, 2.45) is 0 Å². The van der Waals surface area contributed by atoms with Crippen LogP contribution in [-0.2, 0) is 39.6 Å². The number of nitrogens with one attached hydrogen (secondary N) is 2. The predicted octanol–water partition coefficient (Wildman–Crippen LogP) is 2.99. The Morgan fingerprint density at radius 2 is 1.94 bits per heavy atom. The number of carbonyl (C=O) groups excluding carboxylic acids is 1. The maximum absolute atomic E-state index is 14.3. The molecule has 4 heterocycles. The molecule has 192 valence electrons. The largest absolute Gasteiger partial charge is 0.365 e. The average Bonchev–Trinajstić information content (AvgIpc) is 3.63. The number of benzene rings is 1. The zero-order valence-corrected chi connectivity index (χ0v) is 20.4. The van der Waals surface area contributed by atoms with Crippen LogP contribution in [0.5, 0.6) is 0 Å². The molecule has 2 aromatic rings. The molecular formula is C26H31F2N5O3. The summed E-state index contributed by atoms with van der Waals surface area (Å²) < 4.78 is 40.1. The molecule has 10 heteroatoms. The first kappa shape index (κ1) is 23.7. The summed E-state index contributed by atoms with van der Waals surface area (Å²) in [4.78, 5) is 24.7. The highest BCUT2D eigenvalue weighted by Gasteiger charge is 2.44. The van der Waals surface area contributed by atoms with E-state index in [0.29, 0.717) is 54.6 Å². The molecule has 2 N–H and O–H groups in total. The number of nitrogens with zero attached hydrogens (tertiary/aromatic N) is 3. The number of anilines is 1. The fourth-order valence-corrected chi connectivity index (χ4v) is 6.10. The SMILES string of the molecule is Cc1nc(CC(=O)NC23CCN(CC2)C3)c(C2OCCO2)c(NCc2cccc3c2CCC3(F)F)n1. The van der Waals surface area contributed by atoms with Gasteiger partial charge in [0.25, 0.3) is 5.92 Å². The number of piperidine rings is 1. The zero-order valence-electron chi connectivity index (χ0n) is 20.4. The fourth-order valence-electron chi connectivity index (χ4n) is 6.10. The van der Waals surface area contributed by atoms with E-state index in [2.05, 4.69) is 25.5 Å². The topological polar surface area (TPSA) is 88.6 Å². The molecule has 0 radical (unpaired) electrons. The van der Waals surface area contributed by atoms with Gasteiger partial charge in [0.2, 0.25) is 5.91 Å². The molecule has 6 rings (SSSR count). The Morgan fingerprint density at radius 3 is 2.67 bits per heavy atom. The second kappa shape index (κ2) is 9.00. The molecule has 0 spiro atoms. The first-order chi connectivity index (χ1) is 17.3. The van der Waals surface area contributed by atoms with Crippen molar-refractivity contribution in [3.05, 3.63) is 52.0 Å². The highest BCUT2D eigenvalue weighted by Crippen LogP contribution is 2.43. The van der Waals surface area contributed by atoms with Crippen LogP contribution >= 0.6 is 0 Å². The van der Waals surface area contributed by atoms with Crippen LogP contribution in [0.2, 0.25) is 0 Å². The molecule has 0 unspecified atom stereocenters. The molecule has 1 aromatic heterocycles. The van der Waals surface area contributed by atoms with Gasteiger partial charge in [-0.15, -0.1) is 0 Å². The normalized spacial score (nSPS) is 26.4. The third kappa shape index (κ3) is 4.35. The van der Waals surface area contributed by atoms with Gasteiger partial charge in [-0.1, -0.05) is 18.2 Å². The molecule has 0 atom stereocenters. The van der Waals surface area contributed by atoms with Crippen molar-refractivity contribution >= 4 is 11.7 Å². The van der Waals surface area contributed by atoms with Crippen molar-refractivity contribution in [2.75, 3.05) is 38.2 Å². The van der Waals surface area contributed by atoms with Crippen LogP contribution in [0.4, 0.5) is 14.6 Å². The summed E-state index contributed by atoms with van der Waals surface area (Å²) in [6, 6.07) is 5.05. The summed E-state index contributed by atoms with van der Waals surface area (Å²) in [6.07, 6.45) is 1.51. The standard InChI is InChI=1S/C26H31F2N5O3/c1-16-30-20(13-21(34)32-25-7-9-33(15-25)10-8-25)22(24-35-11-12-36-24)23(31-16)29-14-17-3-2-4-19-18(17)5-6-26(19,27)28/h2-4,24H,5-15H2,1H3,(H,32,34)(H,29,30,31). The average molecular weight is 500 g/mol. The van der Waals surface area contributed by atoms with Crippen LogP contribution in [0, 0.1) is 6.92 Å². The van der Waals surface area contributed by atoms with Crippen molar-refractivity contribution in [2.45, 2.75) is 63.3 Å². The van der Waals surface area contributed by atoms with Crippen LogP contribution in [0.15, 0.2) is 18.2 Å². The van der Waals surface area contributed by atoms with E-state index in [9.17, 15) is 13.6 Å². The lowest BCUT2D eigenvalue weighted by Gasteiger charge is -2.27. The maximum atomic E-state index is 14.3. The van der Waals surface area contributed by atoms with Gasteiger partial charge in [0.15, 0.2) is 6.29 Å². The molecule has 36 heavy (non-hydrogen) atoms. The van der Waals surface area contributed by atoms with Gasteiger partial charge in [0.05, 0.1) is 36.4 Å². The number of fused-ring (bicyclic) bond motifs is 3. The Hall–Kier alpha value is -2.69. The van der Waals surface area contributed by atoms with Crippen LogP contribution in [0.1, 0.15) is 59.3 Å². The van der Waals surface area contributed by atoms with Gasteiger partial charge in [-0.2, -0.15) is 0 Å². The minimum absolute atomic E-state index is 0.0786. The number of rotatable bonds is 7. The van der Waals surface area contributed by atoms with Gasteiger partial charge in [0.1, 0.15) is 11.6 Å². The Bertz CT molecular complexity index is 1180. The van der Waals surface area contributed by atoms with E-state index in [1.54, 1.807) is 13.0 Å². The smallest absolute Gasteiger partial charge is 0.273 e. The van der Waals surface area contributed by atoms with E-state index in [1.165, 1.54) is 6.07 Å². The number of hydrogen-bond donors (Lipinski definition) is 2. The summed E-state index contributed by atoms with van der Waals surface area (Å²) in [5.74, 6) is -1.85. The molecule has 1 aliphatic carbocycles. The highest BCUT2D eigenvalue weighted by atomic mass is 19.3. The first-order valence-corrected chi connectivity index (χ1v) is 12.7. The van der Waals surface area contributed by atoms with Crippen molar-refractivity contribution in [1.82, 2.24) is 20.2 Å². The summed E-state index contributed by atoms with van der Waals surface area (Å²) in [5.41, 5.74) is 2.63. The number of ether oxygens (including phenoxy) is 2. The van der Waals surface area contributed by atoms with Crippen molar-refractivity contribution in [1.29, 1.82) is 0 Å². The lowest BCUT2D eigenvalue weighted by atomic mass is 9.95. The van der Waals surface area contributed by atoms with Crippen molar-refractivity contribution in [3.63, 3.8) is 0 Å². The highest BCUT2D eigenvalue weighted by molar-refractivity contribution is 5.80. The van der Waals surface area contributed by atoms with Crippen molar-refractivity contribution in [3.8, 4) is 0 Å². The summed E-state index contributed by atoms with van der Waals surface area (Å²) in [6.45, 7) is 5.90. The van der Waals surface area contributed by atoms with Gasteiger partial charge >= 0.3 is 0 Å². The quantitative estimate of drug-likeness (QED) is 0.606. The zero-order chi connectivity index (χ0) is 24.9. The molecule has 3 saturated heterocycles. The number of amides is 1. The molecule has 3 fully saturated rings. The van der Waals surface area contributed by atoms with Gasteiger partial charge in [-0.25, -0.2) is 18.7 Å². The molecule has 2 bridgehead atoms. The Kier molecular flexibility index (Phi) is 5.93. The number of aromatic nitrogens is 2. The number of carbonyl (C=O) groups is 1. The van der Waals surface area contributed by atoms with E-state index in [-0.39, 0.29) is 29.9 Å². The Balaban J connectivity index is 1.26. The second-order valence-corrected chi connectivity index (χ2v) is 10.3. The summed E-state index contributed by atoms with van der Waals surface area (Å²) in [5, 5.41) is 6.59. The first-order valence-electron chi connectivity index (χ1n) is 12.7. The van der Waals surface area contributed by atoms with E-state index in [1.807, 2.05) is 6.07 Å². The molecule has 4 aliphatic rings. The third-order valence-electron chi connectivity index (χ3n) is 7.87. The number of hydrogen-bond acceptors (Lipinski definition) is 7. The van der Waals surface area contributed by atoms with E-state index >= 15 is 0 Å². The summed E-state index contributed by atoms with van der Waals surface area (Å²) >= 11 is 0. The lowest BCUT2D eigenvalue weighted by Crippen LogP contribution is -2.48. The van der Waals surface area contributed by atoms with Gasteiger partial charge in [-0.3, -0.25) is 4.79 Å². The third-order valence-corrected chi connectivity index (χ3v) is 7.87. The summed E-state index contributed by atoms with van der Waals surface area (Å²) in [7, 11) is 0. The van der Waals surface area contributed by atoms with E-state index in [0.717, 1.165) is 38.0 Å². The fraction of sp³-hybridized carbons (Fsp3) is 0.577. The molecule has 1 aromatic carbocycles. The van der Waals surface area contributed by atoms with Gasteiger partial charge in [0, 0.05) is 38.2 Å². The second-order valence-electron chi connectivity index (χ2n) is 10.3.